The SMILES string of the molecule is O=C(c1ccc2c(c1)OCO2)C1CCCN(C(=O)c2csc3c2CCCC3)C1. The van der Waals surface area contributed by atoms with Gasteiger partial charge in [-0.3, -0.25) is 9.59 Å². The molecule has 1 unspecified atom stereocenters. The fraction of sp³-hybridized carbons (Fsp3) is 0.455. The first-order valence-electron chi connectivity index (χ1n) is 10.0. The second-order valence-corrected chi connectivity index (χ2v) is 8.75. The third-order valence-electron chi connectivity index (χ3n) is 6.03. The molecule has 0 bridgehead atoms. The number of hydrogen-bond donors (Lipinski definition) is 0. The highest BCUT2D eigenvalue weighted by Crippen LogP contribution is 2.35. The van der Waals surface area contributed by atoms with E-state index in [0.29, 0.717) is 23.6 Å². The Morgan fingerprint density at radius 2 is 1.93 bits per heavy atom. The van der Waals surface area contributed by atoms with Gasteiger partial charge in [-0.15, -0.1) is 11.3 Å². The third kappa shape index (κ3) is 3.09. The molecule has 0 radical (unpaired) electrons. The van der Waals surface area contributed by atoms with Crippen molar-refractivity contribution in [2.24, 2.45) is 5.92 Å². The number of fused-ring (bicyclic) bond motifs is 2. The summed E-state index contributed by atoms with van der Waals surface area (Å²) in [6.07, 6.45) is 6.16. The molecule has 5 rings (SSSR count). The zero-order valence-corrected chi connectivity index (χ0v) is 16.6. The lowest BCUT2D eigenvalue weighted by molar-refractivity contribution is 0.0636. The van der Waals surface area contributed by atoms with E-state index in [-0.39, 0.29) is 24.4 Å². The van der Waals surface area contributed by atoms with Crippen molar-refractivity contribution in [3.63, 3.8) is 0 Å². The van der Waals surface area contributed by atoms with Crippen LogP contribution in [0.1, 0.15) is 56.8 Å². The van der Waals surface area contributed by atoms with Crippen LogP contribution in [0.2, 0.25) is 0 Å². The molecule has 3 heterocycles. The van der Waals surface area contributed by atoms with E-state index in [0.717, 1.165) is 44.2 Å². The molecule has 0 spiro atoms. The van der Waals surface area contributed by atoms with E-state index in [1.165, 1.54) is 16.9 Å². The highest BCUT2D eigenvalue weighted by Gasteiger charge is 2.32. The number of carbonyl (C=O) groups is 2. The molecule has 3 aliphatic rings. The molecule has 6 heteroatoms. The van der Waals surface area contributed by atoms with Crippen LogP contribution >= 0.6 is 11.3 Å². The number of nitrogens with zero attached hydrogens (tertiary/aromatic N) is 1. The van der Waals surface area contributed by atoms with Gasteiger partial charge in [0.1, 0.15) is 0 Å². The van der Waals surface area contributed by atoms with Gasteiger partial charge in [0.25, 0.3) is 5.91 Å². The van der Waals surface area contributed by atoms with Gasteiger partial charge < -0.3 is 14.4 Å². The number of benzene rings is 1. The monoisotopic (exact) mass is 397 g/mol. The molecular formula is C22H23NO4S. The second kappa shape index (κ2) is 7.24. The third-order valence-corrected chi connectivity index (χ3v) is 7.12. The lowest BCUT2D eigenvalue weighted by Gasteiger charge is -2.32. The van der Waals surface area contributed by atoms with Gasteiger partial charge in [0.2, 0.25) is 6.79 Å². The predicted octanol–water partition coefficient (Wildman–Crippen LogP) is 4.09. The number of rotatable bonds is 3. The van der Waals surface area contributed by atoms with E-state index in [1.54, 1.807) is 29.5 Å². The molecule has 28 heavy (non-hydrogen) atoms. The normalized spacial score (nSPS) is 20.7. The topological polar surface area (TPSA) is 55.8 Å². The highest BCUT2D eigenvalue weighted by atomic mass is 32.1. The molecule has 2 aromatic rings. The minimum Gasteiger partial charge on any atom is -0.454 e. The van der Waals surface area contributed by atoms with Crippen molar-refractivity contribution >= 4 is 23.0 Å². The highest BCUT2D eigenvalue weighted by molar-refractivity contribution is 7.10. The molecular weight excluding hydrogens is 374 g/mol. The summed E-state index contributed by atoms with van der Waals surface area (Å²) in [5, 5.41) is 2.03. The number of ketones is 1. The molecule has 1 amide bonds. The summed E-state index contributed by atoms with van der Waals surface area (Å²) in [4.78, 5) is 29.5. The van der Waals surface area contributed by atoms with E-state index in [4.69, 9.17) is 9.47 Å². The zero-order chi connectivity index (χ0) is 19.1. The van der Waals surface area contributed by atoms with E-state index >= 15 is 0 Å². The summed E-state index contributed by atoms with van der Waals surface area (Å²) in [6, 6.07) is 5.35. The van der Waals surface area contributed by atoms with E-state index in [1.807, 2.05) is 10.3 Å². The van der Waals surface area contributed by atoms with Gasteiger partial charge in [0.05, 0.1) is 5.56 Å². The summed E-state index contributed by atoms with van der Waals surface area (Å²) >= 11 is 1.72. The van der Waals surface area contributed by atoms with Crippen molar-refractivity contribution in [1.82, 2.24) is 4.90 Å². The number of carbonyl (C=O) groups excluding carboxylic acids is 2. The predicted molar refractivity (Wildman–Crippen MR) is 106 cm³/mol. The van der Waals surface area contributed by atoms with Crippen LogP contribution in [-0.4, -0.2) is 36.5 Å². The van der Waals surface area contributed by atoms with Gasteiger partial charge in [-0.1, -0.05) is 0 Å². The molecule has 5 nitrogen and oxygen atoms in total. The lowest BCUT2D eigenvalue weighted by Crippen LogP contribution is -2.42. The fourth-order valence-electron chi connectivity index (χ4n) is 4.50. The number of Topliss-reactive ketones (excluding diaryl/α,β-unsaturated/α-hetero) is 1. The van der Waals surface area contributed by atoms with Crippen LogP contribution in [0.3, 0.4) is 0 Å². The summed E-state index contributed by atoms with van der Waals surface area (Å²) in [7, 11) is 0. The fourth-order valence-corrected chi connectivity index (χ4v) is 5.62. The standard InChI is InChI=1S/C22H23NO4S/c24-21(14-7-8-18-19(10-14)27-13-26-18)15-4-3-9-23(11-15)22(25)17-12-28-20-6-2-1-5-16(17)20/h7-8,10,12,15H,1-6,9,11,13H2. The quantitative estimate of drug-likeness (QED) is 0.732. The lowest BCUT2D eigenvalue weighted by atomic mass is 9.89. The van der Waals surface area contributed by atoms with Crippen molar-refractivity contribution in [3.05, 3.63) is 45.1 Å². The van der Waals surface area contributed by atoms with Crippen LogP contribution < -0.4 is 9.47 Å². The van der Waals surface area contributed by atoms with Crippen LogP contribution in [0.4, 0.5) is 0 Å². The molecule has 1 saturated heterocycles. The minimum atomic E-state index is -0.160. The van der Waals surface area contributed by atoms with Crippen LogP contribution in [0.25, 0.3) is 0 Å². The average Bonchev–Trinajstić information content (AvgIpc) is 3.39. The van der Waals surface area contributed by atoms with Crippen molar-refractivity contribution in [1.29, 1.82) is 0 Å². The number of ether oxygens (including phenoxy) is 2. The molecule has 1 atom stereocenters. The Balaban J connectivity index is 1.33. The Kier molecular flexibility index (Phi) is 4.59. The maximum absolute atomic E-state index is 13.2. The summed E-state index contributed by atoms with van der Waals surface area (Å²) in [5.41, 5.74) is 2.76. The molecule has 1 aromatic heterocycles. The van der Waals surface area contributed by atoms with Gasteiger partial charge in [-0.2, -0.15) is 0 Å². The molecule has 146 valence electrons. The van der Waals surface area contributed by atoms with E-state index < -0.39 is 0 Å². The molecule has 2 aliphatic heterocycles. The second-order valence-electron chi connectivity index (χ2n) is 7.78. The van der Waals surface area contributed by atoms with Gasteiger partial charge >= 0.3 is 0 Å². The Bertz CT molecular complexity index is 935. The van der Waals surface area contributed by atoms with Crippen molar-refractivity contribution in [2.45, 2.75) is 38.5 Å². The van der Waals surface area contributed by atoms with Crippen molar-refractivity contribution in [2.75, 3.05) is 19.9 Å². The number of thiophene rings is 1. The Hall–Kier alpha value is -2.34. The van der Waals surface area contributed by atoms with E-state index in [9.17, 15) is 9.59 Å². The first-order valence-corrected chi connectivity index (χ1v) is 10.9. The maximum Gasteiger partial charge on any atom is 0.255 e. The van der Waals surface area contributed by atoms with Gasteiger partial charge in [-0.25, -0.2) is 0 Å². The summed E-state index contributed by atoms with van der Waals surface area (Å²) in [5.74, 6) is 1.33. The van der Waals surface area contributed by atoms with Gasteiger partial charge in [0, 0.05) is 34.8 Å². The average molecular weight is 397 g/mol. The van der Waals surface area contributed by atoms with Crippen LogP contribution in [0.5, 0.6) is 11.5 Å². The molecule has 1 fully saturated rings. The molecule has 0 N–H and O–H groups in total. The number of piperidine rings is 1. The Morgan fingerprint density at radius 3 is 2.86 bits per heavy atom. The van der Waals surface area contributed by atoms with Gasteiger partial charge in [-0.05, 0) is 62.3 Å². The zero-order valence-electron chi connectivity index (χ0n) is 15.7. The Morgan fingerprint density at radius 1 is 1.07 bits per heavy atom. The first kappa shape index (κ1) is 17.7. The number of aryl methyl sites for hydroxylation is 1. The number of amides is 1. The minimum absolute atomic E-state index is 0.0862. The smallest absolute Gasteiger partial charge is 0.255 e. The molecule has 1 aliphatic carbocycles. The summed E-state index contributed by atoms with van der Waals surface area (Å²) in [6.45, 7) is 1.43. The largest absolute Gasteiger partial charge is 0.454 e. The number of hydrogen-bond acceptors (Lipinski definition) is 5. The van der Waals surface area contributed by atoms with Crippen molar-refractivity contribution < 1.29 is 19.1 Å². The van der Waals surface area contributed by atoms with E-state index in [2.05, 4.69) is 0 Å². The van der Waals surface area contributed by atoms with Gasteiger partial charge in [0.15, 0.2) is 17.3 Å². The summed E-state index contributed by atoms with van der Waals surface area (Å²) < 4.78 is 10.7. The number of likely N-dealkylation sites (tertiary alicyclic amines) is 1. The van der Waals surface area contributed by atoms with Crippen molar-refractivity contribution in [3.8, 4) is 11.5 Å². The molecule has 0 saturated carbocycles. The van der Waals surface area contributed by atoms with Crippen LogP contribution in [0.15, 0.2) is 23.6 Å². The Labute approximate surface area is 168 Å². The van der Waals surface area contributed by atoms with Crippen LogP contribution in [-0.2, 0) is 12.8 Å². The molecule has 1 aromatic carbocycles. The first-order chi connectivity index (χ1) is 13.7. The van der Waals surface area contributed by atoms with Crippen LogP contribution in [0, 0.1) is 5.92 Å². The maximum atomic E-state index is 13.2.